The Morgan fingerprint density at radius 2 is 1.76 bits per heavy atom. The van der Waals surface area contributed by atoms with Gasteiger partial charge >= 0.3 is 6.18 Å². The maximum absolute atomic E-state index is 12.5. The zero-order chi connectivity index (χ0) is 12.3. The predicted molar refractivity (Wildman–Crippen MR) is 61.7 cm³/mol. The molecular weight excluding hydrogens is 225 g/mol. The summed E-state index contributed by atoms with van der Waals surface area (Å²) in [6, 6.07) is 5.77. The van der Waals surface area contributed by atoms with Gasteiger partial charge in [-0.3, -0.25) is 0 Å². The summed E-state index contributed by atoms with van der Waals surface area (Å²) in [5.74, 6) is 0.576. The fraction of sp³-hybridized carbons (Fsp3) is 0.571. The van der Waals surface area contributed by atoms with Crippen molar-refractivity contribution in [1.82, 2.24) is 0 Å². The fourth-order valence-corrected chi connectivity index (χ4v) is 2.60. The molecule has 0 heterocycles. The normalized spacial score (nSPS) is 18.3. The summed E-state index contributed by atoms with van der Waals surface area (Å²) in [4.78, 5) is 0. The average Bonchev–Trinajstić information content (AvgIpc) is 2.29. The number of rotatable bonds is 2. The number of alkyl halides is 3. The number of halogens is 3. The second kappa shape index (κ2) is 5.11. The molecule has 0 N–H and O–H groups in total. The van der Waals surface area contributed by atoms with E-state index in [1.807, 2.05) is 6.07 Å². The molecule has 0 spiro atoms. The van der Waals surface area contributed by atoms with Gasteiger partial charge in [-0.15, -0.1) is 0 Å². The van der Waals surface area contributed by atoms with E-state index in [1.165, 1.54) is 31.4 Å². The highest BCUT2D eigenvalue weighted by molar-refractivity contribution is 5.26. The Labute approximate surface area is 99.8 Å². The van der Waals surface area contributed by atoms with Gasteiger partial charge in [0.1, 0.15) is 0 Å². The molecule has 0 saturated heterocycles. The lowest BCUT2D eigenvalue weighted by Gasteiger charge is -2.21. The van der Waals surface area contributed by atoms with Crippen LogP contribution >= 0.6 is 0 Å². The summed E-state index contributed by atoms with van der Waals surface area (Å²) < 4.78 is 37.6. The molecule has 0 aromatic heterocycles. The summed E-state index contributed by atoms with van der Waals surface area (Å²) in [7, 11) is 0. The predicted octanol–water partition coefficient (Wildman–Crippen LogP) is 4.83. The van der Waals surface area contributed by atoms with E-state index in [-0.39, 0.29) is 0 Å². The lowest BCUT2D eigenvalue weighted by molar-refractivity contribution is -0.137. The highest BCUT2D eigenvalue weighted by atomic mass is 19.4. The maximum atomic E-state index is 12.5. The third-order valence-electron chi connectivity index (χ3n) is 3.50. The summed E-state index contributed by atoms with van der Waals surface area (Å²) in [5.41, 5.74) is 0.303. The molecule has 17 heavy (non-hydrogen) atoms. The van der Waals surface area contributed by atoms with Crippen molar-refractivity contribution in [3.63, 3.8) is 0 Å². The molecule has 0 nitrogen and oxygen atoms in total. The van der Waals surface area contributed by atoms with E-state index in [0.29, 0.717) is 5.92 Å². The molecule has 3 heteroatoms. The van der Waals surface area contributed by atoms with Crippen molar-refractivity contribution in [3.8, 4) is 0 Å². The van der Waals surface area contributed by atoms with Gasteiger partial charge < -0.3 is 0 Å². The quantitative estimate of drug-likeness (QED) is 0.697. The van der Waals surface area contributed by atoms with Crippen LogP contribution in [0.15, 0.2) is 24.3 Å². The van der Waals surface area contributed by atoms with Gasteiger partial charge in [0.2, 0.25) is 0 Å². The van der Waals surface area contributed by atoms with Crippen molar-refractivity contribution < 1.29 is 13.2 Å². The van der Waals surface area contributed by atoms with Crippen LogP contribution in [0.1, 0.15) is 43.2 Å². The zero-order valence-corrected chi connectivity index (χ0v) is 9.76. The van der Waals surface area contributed by atoms with E-state index < -0.39 is 11.7 Å². The van der Waals surface area contributed by atoms with Crippen LogP contribution in [0.4, 0.5) is 13.2 Å². The lowest BCUT2D eigenvalue weighted by Crippen LogP contribution is -2.10. The standard InChI is InChI=1S/C14H17F3/c15-14(16,17)13-8-4-7-12(10-13)9-11-5-2-1-3-6-11/h4,7-8,10-11H,1-3,5-6,9H2. The second-order valence-electron chi connectivity index (χ2n) is 4.91. The van der Waals surface area contributed by atoms with Crippen molar-refractivity contribution in [2.24, 2.45) is 5.92 Å². The highest BCUT2D eigenvalue weighted by Gasteiger charge is 2.30. The smallest absolute Gasteiger partial charge is 0.166 e. The van der Waals surface area contributed by atoms with Gasteiger partial charge in [-0.2, -0.15) is 13.2 Å². The number of hydrogen-bond acceptors (Lipinski definition) is 0. The maximum Gasteiger partial charge on any atom is 0.416 e. The van der Waals surface area contributed by atoms with E-state index >= 15 is 0 Å². The summed E-state index contributed by atoms with van der Waals surface area (Å²) in [5, 5.41) is 0. The van der Waals surface area contributed by atoms with E-state index in [4.69, 9.17) is 0 Å². The SMILES string of the molecule is FC(F)(F)c1cccc(CC2CCCCC2)c1. The molecule has 94 valence electrons. The Morgan fingerprint density at radius 3 is 2.41 bits per heavy atom. The summed E-state index contributed by atoms with van der Waals surface area (Å²) in [6.45, 7) is 0. The minimum absolute atomic E-state index is 0.522. The first kappa shape index (κ1) is 12.5. The molecule has 0 aliphatic heterocycles. The third kappa shape index (κ3) is 3.48. The van der Waals surface area contributed by atoms with Crippen molar-refractivity contribution in [2.75, 3.05) is 0 Å². The van der Waals surface area contributed by atoms with Crippen LogP contribution in [0.5, 0.6) is 0 Å². The van der Waals surface area contributed by atoms with Crippen LogP contribution in [-0.4, -0.2) is 0 Å². The molecular formula is C14H17F3. The van der Waals surface area contributed by atoms with Crippen LogP contribution in [0.25, 0.3) is 0 Å². The average molecular weight is 242 g/mol. The van der Waals surface area contributed by atoms with Gasteiger partial charge in [-0.25, -0.2) is 0 Å². The van der Waals surface area contributed by atoms with Gasteiger partial charge in [-0.1, -0.05) is 50.3 Å². The largest absolute Gasteiger partial charge is 0.416 e. The van der Waals surface area contributed by atoms with Crippen molar-refractivity contribution in [2.45, 2.75) is 44.7 Å². The van der Waals surface area contributed by atoms with Gasteiger partial charge in [0.25, 0.3) is 0 Å². The first-order valence-corrected chi connectivity index (χ1v) is 6.22. The zero-order valence-electron chi connectivity index (χ0n) is 9.76. The van der Waals surface area contributed by atoms with Crippen molar-refractivity contribution in [3.05, 3.63) is 35.4 Å². The van der Waals surface area contributed by atoms with E-state index in [1.54, 1.807) is 0 Å². The molecule has 1 aliphatic carbocycles. The summed E-state index contributed by atoms with van der Waals surface area (Å²) >= 11 is 0. The minimum atomic E-state index is -4.22. The molecule has 2 rings (SSSR count). The Balaban J connectivity index is 2.05. The monoisotopic (exact) mass is 242 g/mol. The van der Waals surface area contributed by atoms with Gasteiger partial charge in [0.05, 0.1) is 5.56 Å². The van der Waals surface area contributed by atoms with Gasteiger partial charge in [0.15, 0.2) is 0 Å². The second-order valence-corrected chi connectivity index (χ2v) is 4.91. The molecule has 0 amide bonds. The number of benzene rings is 1. The van der Waals surface area contributed by atoms with Gasteiger partial charge in [-0.05, 0) is 24.0 Å². The van der Waals surface area contributed by atoms with Crippen LogP contribution in [-0.2, 0) is 12.6 Å². The third-order valence-corrected chi connectivity index (χ3v) is 3.50. The molecule has 1 aromatic rings. The van der Waals surface area contributed by atoms with E-state index in [2.05, 4.69) is 0 Å². The van der Waals surface area contributed by atoms with Crippen LogP contribution in [0, 0.1) is 5.92 Å². The molecule has 1 aliphatic rings. The van der Waals surface area contributed by atoms with Crippen LogP contribution < -0.4 is 0 Å². The Morgan fingerprint density at radius 1 is 1.06 bits per heavy atom. The number of hydrogen-bond donors (Lipinski definition) is 0. The highest BCUT2D eigenvalue weighted by Crippen LogP contribution is 2.31. The van der Waals surface area contributed by atoms with Gasteiger partial charge in [0, 0.05) is 0 Å². The Hall–Kier alpha value is -0.990. The molecule has 0 bridgehead atoms. The Bertz CT molecular complexity index is 362. The van der Waals surface area contributed by atoms with E-state index in [9.17, 15) is 13.2 Å². The first-order valence-electron chi connectivity index (χ1n) is 6.22. The molecule has 1 aromatic carbocycles. The lowest BCUT2D eigenvalue weighted by atomic mass is 9.84. The van der Waals surface area contributed by atoms with Crippen molar-refractivity contribution >= 4 is 0 Å². The fourth-order valence-electron chi connectivity index (χ4n) is 2.60. The van der Waals surface area contributed by atoms with Crippen molar-refractivity contribution in [1.29, 1.82) is 0 Å². The molecule has 1 fully saturated rings. The minimum Gasteiger partial charge on any atom is -0.166 e. The topological polar surface area (TPSA) is 0 Å². The molecule has 0 atom stereocenters. The summed E-state index contributed by atoms with van der Waals surface area (Å²) in [6.07, 6.45) is 2.63. The Kier molecular flexibility index (Phi) is 3.75. The molecule has 0 unspecified atom stereocenters. The molecule has 0 radical (unpaired) electrons. The van der Waals surface area contributed by atoms with E-state index in [0.717, 1.165) is 30.9 Å². The molecule has 1 saturated carbocycles. The van der Waals surface area contributed by atoms with Crippen LogP contribution in [0.3, 0.4) is 0 Å². The van der Waals surface area contributed by atoms with Crippen LogP contribution in [0.2, 0.25) is 0 Å². The first-order chi connectivity index (χ1) is 8.05.